The van der Waals surface area contributed by atoms with Gasteiger partial charge in [0.15, 0.2) is 0 Å². The number of hydrogen-bond acceptors (Lipinski definition) is 2. The van der Waals surface area contributed by atoms with Crippen LogP contribution in [-0.2, 0) is 6.54 Å². The van der Waals surface area contributed by atoms with Crippen LogP contribution in [0.3, 0.4) is 0 Å². The normalized spacial score (nSPS) is 10.8. The first-order chi connectivity index (χ1) is 9.60. The number of hydrogen-bond donors (Lipinski definition) is 1. The smallest absolute Gasteiger partial charge is 0.140 e. The molecule has 0 aliphatic carbocycles. The van der Waals surface area contributed by atoms with Gasteiger partial charge in [0.25, 0.3) is 0 Å². The second-order valence-electron chi connectivity index (χ2n) is 4.21. The zero-order valence-electron chi connectivity index (χ0n) is 10.9. The van der Waals surface area contributed by atoms with Crippen molar-refractivity contribution < 1.29 is 8.78 Å². The van der Waals surface area contributed by atoms with Crippen LogP contribution in [0, 0.1) is 11.6 Å². The van der Waals surface area contributed by atoms with Crippen molar-refractivity contribution in [2.24, 2.45) is 0 Å². The molecular formula is C15H14ClF2NS. The minimum atomic E-state index is -0.573. The second-order valence-corrected chi connectivity index (χ2v) is 5.73. The summed E-state index contributed by atoms with van der Waals surface area (Å²) in [5.41, 5.74) is 0.994. The van der Waals surface area contributed by atoms with Crippen LogP contribution in [0.2, 0.25) is 5.02 Å². The topological polar surface area (TPSA) is 12.0 Å². The van der Waals surface area contributed by atoms with Crippen LogP contribution < -0.4 is 5.32 Å². The van der Waals surface area contributed by atoms with E-state index in [2.05, 4.69) is 5.32 Å². The van der Waals surface area contributed by atoms with Crippen LogP contribution >= 0.6 is 23.4 Å². The number of benzene rings is 2. The summed E-state index contributed by atoms with van der Waals surface area (Å²) in [6, 6.07) is 9.06. The lowest BCUT2D eigenvalue weighted by Crippen LogP contribution is -2.12. The number of nitrogens with one attached hydrogen (secondary N) is 1. The Labute approximate surface area is 126 Å². The van der Waals surface area contributed by atoms with Crippen LogP contribution in [-0.4, -0.2) is 6.54 Å². The molecule has 0 amide bonds. The Morgan fingerprint density at radius 2 is 1.85 bits per heavy atom. The Balaban J connectivity index is 2.27. The highest BCUT2D eigenvalue weighted by molar-refractivity contribution is 7.99. The largest absolute Gasteiger partial charge is 0.313 e. The third-order valence-electron chi connectivity index (χ3n) is 2.70. The van der Waals surface area contributed by atoms with E-state index in [9.17, 15) is 8.78 Å². The molecule has 2 aromatic carbocycles. The van der Waals surface area contributed by atoms with Crippen molar-refractivity contribution in [3.63, 3.8) is 0 Å². The van der Waals surface area contributed by atoms with Crippen LogP contribution in [0.25, 0.3) is 0 Å². The summed E-state index contributed by atoms with van der Waals surface area (Å²) in [6.45, 7) is 3.50. The standard InChI is InChI=1S/C15H14ClF2NS/c1-2-19-9-10-7-11(16)3-5-14(10)20-15-6-4-12(17)8-13(15)18/h3-8,19H,2,9H2,1H3. The summed E-state index contributed by atoms with van der Waals surface area (Å²) in [7, 11) is 0. The summed E-state index contributed by atoms with van der Waals surface area (Å²) >= 11 is 7.26. The molecule has 5 heteroatoms. The molecule has 0 aromatic heterocycles. The van der Waals surface area contributed by atoms with Crippen molar-refractivity contribution in [3.8, 4) is 0 Å². The van der Waals surface area contributed by atoms with Crippen LogP contribution in [0.15, 0.2) is 46.2 Å². The summed E-state index contributed by atoms with van der Waals surface area (Å²) in [6.07, 6.45) is 0. The average molecular weight is 314 g/mol. The zero-order chi connectivity index (χ0) is 14.5. The lowest BCUT2D eigenvalue weighted by molar-refractivity contribution is 0.565. The van der Waals surface area contributed by atoms with Gasteiger partial charge in [0, 0.05) is 27.4 Å². The van der Waals surface area contributed by atoms with Gasteiger partial charge in [-0.15, -0.1) is 0 Å². The Morgan fingerprint density at radius 3 is 2.55 bits per heavy atom. The third kappa shape index (κ3) is 3.95. The fourth-order valence-corrected chi connectivity index (χ4v) is 2.84. The molecule has 0 spiro atoms. The van der Waals surface area contributed by atoms with Gasteiger partial charge in [-0.25, -0.2) is 8.78 Å². The first-order valence-electron chi connectivity index (χ1n) is 6.22. The van der Waals surface area contributed by atoms with E-state index in [0.29, 0.717) is 16.5 Å². The van der Waals surface area contributed by atoms with Crippen molar-refractivity contribution in [2.45, 2.75) is 23.3 Å². The molecule has 2 rings (SSSR count). The Bertz CT molecular complexity index is 604. The summed E-state index contributed by atoms with van der Waals surface area (Å²) < 4.78 is 26.6. The summed E-state index contributed by atoms with van der Waals surface area (Å²) in [5.74, 6) is -1.13. The number of rotatable bonds is 5. The fraction of sp³-hybridized carbons (Fsp3) is 0.200. The van der Waals surface area contributed by atoms with Gasteiger partial charge in [-0.3, -0.25) is 0 Å². The first kappa shape index (κ1) is 15.3. The average Bonchev–Trinajstić information content (AvgIpc) is 2.41. The molecule has 0 saturated carbocycles. The molecule has 0 atom stereocenters. The van der Waals surface area contributed by atoms with E-state index in [0.717, 1.165) is 23.1 Å². The predicted octanol–water partition coefficient (Wildman–Crippen LogP) is 4.88. The SMILES string of the molecule is CCNCc1cc(Cl)ccc1Sc1ccc(F)cc1F. The van der Waals surface area contributed by atoms with Gasteiger partial charge in [0.2, 0.25) is 0 Å². The molecule has 0 aliphatic rings. The summed E-state index contributed by atoms with van der Waals surface area (Å²) in [5, 5.41) is 3.86. The molecule has 0 unspecified atom stereocenters. The van der Waals surface area contributed by atoms with E-state index in [1.807, 2.05) is 19.1 Å². The van der Waals surface area contributed by atoms with Gasteiger partial charge < -0.3 is 5.32 Å². The summed E-state index contributed by atoms with van der Waals surface area (Å²) in [4.78, 5) is 1.30. The number of halogens is 3. The fourth-order valence-electron chi connectivity index (χ4n) is 1.72. The minimum Gasteiger partial charge on any atom is -0.313 e. The molecule has 106 valence electrons. The molecule has 0 bridgehead atoms. The molecule has 0 fully saturated rings. The van der Waals surface area contributed by atoms with E-state index in [1.165, 1.54) is 23.9 Å². The molecule has 0 heterocycles. The maximum atomic E-state index is 13.7. The Morgan fingerprint density at radius 1 is 1.10 bits per heavy atom. The third-order valence-corrected chi connectivity index (χ3v) is 4.11. The maximum Gasteiger partial charge on any atom is 0.140 e. The molecule has 0 radical (unpaired) electrons. The van der Waals surface area contributed by atoms with Gasteiger partial charge in [0.05, 0.1) is 0 Å². The molecular weight excluding hydrogens is 300 g/mol. The molecule has 1 N–H and O–H groups in total. The highest BCUT2D eigenvalue weighted by Crippen LogP contribution is 2.33. The van der Waals surface area contributed by atoms with E-state index in [-0.39, 0.29) is 0 Å². The van der Waals surface area contributed by atoms with E-state index in [4.69, 9.17) is 11.6 Å². The van der Waals surface area contributed by atoms with Gasteiger partial charge in [-0.2, -0.15) is 0 Å². The molecule has 0 saturated heterocycles. The van der Waals surface area contributed by atoms with Crippen LogP contribution in [0.5, 0.6) is 0 Å². The molecule has 2 aromatic rings. The molecule has 20 heavy (non-hydrogen) atoms. The highest BCUT2D eigenvalue weighted by atomic mass is 35.5. The Kier molecular flexibility index (Phi) is 5.40. The van der Waals surface area contributed by atoms with Crippen LogP contribution in [0.1, 0.15) is 12.5 Å². The minimum absolute atomic E-state index is 0.395. The lowest BCUT2D eigenvalue weighted by atomic mass is 10.2. The van der Waals surface area contributed by atoms with Crippen molar-refractivity contribution >= 4 is 23.4 Å². The lowest BCUT2D eigenvalue weighted by Gasteiger charge is -2.11. The monoisotopic (exact) mass is 313 g/mol. The van der Waals surface area contributed by atoms with Crippen LogP contribution in [0.4, 0.5) is 8.78 Å². The van der Waals surface area contributed by atoms with Crippen molar-refractivity contribution in [1.82, 2.24) is 5.32 Å². The molecule has 1 nitrogen and oxygen atoms in total. The maximum absolute atomic E-state index is 13.7. The van der Waals surface area contributed by atoms with Gasteiger partial charge in [-0.1, -0.05) is 30.3 Å². The second kappa shape index (κ2) is 7.07. The van der Waals surface area contributed by atoms with Crippen molar-refractivity contribution in [1.29, 1.82) is 0 Å². The van der Waals surface area contributed by atoms with E-state index in [1.54, 1.807) is 6.07 Å². The zero-order valence-corrected chi connectivity index (χ0v) is 12.5. The quantitative estimate of drug-likeness (QED) is 0.844. The molecule has 0 aliphatic heterocycles. The van der Waals surface area contributed by atoms with Gasteiger partial charge in [-0.05, 0) is 42.4 Å². The first-order valence-corrected chi connectivity index (χ1v) is 7.41. The van der Waals surface area contributed by atoms with Crippen molar-refractivity contribution in [3.05, 3.63) is 58.6 Å². The highest BCUT2D eigenvalue weighted by Gasteiger charge is 2.09. The Hall–Kier alpha value is -1.10. The van der Waals surface area contributed by atoms with E-state index >= 15 is 0 Å². The van der Waals surface area contributed by atoms with E-state index < -0.39 is 11.6 Å². The van der Waals surface area contributed by atoms with Gasteiger partial charge in [0.1, 0.15) is 11.6 Å². The predicted molar refractivity (Wildman–Crippen MR) is 79.3 cm³/mol. The van der Waals surface area contributed by atoms with Gasteiger partial charge >= 0.3 is 0 Å². The van der Waals surface area contributed by atoms with Crippen molar-refractivity contribution in [2.75, 3.05) is 6.54 Å².